The van der Waals surface area contributed by atoms with Crippen molar-refractivity contribution in [1.29, 1.82) is 0 Å². The fourth-order valence-electron chi connectivity index (χ4n) is 7.07. The van der Waals surface area contributed by atoms with Gasteiger partial charge in [-0.15, -0.1) is 5.10 Å². The molecule has 1 saturated heterocycles. The summed E-state index contributed by atoms with van der Waals surface area (Å²) in [5, 5.41) is 59.6. The summed E-state index contributed by atoms with van der Waals surface area (Å²) in [5.41, 5.74) is 3.80. The summed E-state index contributed by atoms with van der Waals surface area (Å²) in [4.78, 5) is 39.7. The smallest absolute Gasteiger partial charge is 0.744 e. The fraction of sp³-hybridized carbons (Fsp3) is 0.400. The summed E-state index contributed by atoms with van der Waals surface area (Å²) in [7, 11) is -0.811. The number of ether oxygens (including phenoxy) is 4. The van der Waals surface area contributed by atoms with Crippen molar-refractivity contribution < 1.29 is 91.2 Å². The van der Waals surface area contributed by atoms with Crippen molar-refractivity contribution in [1.82, 2.24) is 30.9 Å². The van der Waals surface area contributed by atoms with Crippen molar-refractivity contribution in [2.75, 3.05) is 63.8 Å². The van der Waals surface area contributed by atoms with Crippen LogP contribution in [0.25, 0.3) is 10.8 Å². The number of aliphatic hydroxyl groups excluding tert-OH is 3. The molecule has 6 rings (SSSR count). The van der Waals surface area contributed by atoms with E-state index in [4.69, 9.17) is 18.9 Å². The van der Waals surface area contributed by atoms with E-state index >= 15 is 0 Å². The second-order valence-corrected chi connectivity index (χ2v) is 17.2. The van der Waals surface area contributed by atoms with Gasteiger partial charge in [-0.2, -0.15) is 10.2 Å². The molecule has 5 aromatic rings. The molecular weight excluding hydrogens is 944 g/mol. The molecule has 0 bridgehead atoms. The summed E-state index contributed by atoms with van der Waals surface area (Å²) in [6.45, 7) is 1.28. The van der Waals surface area contributed by atoms with Crippen LogP contribution in [0.2, 0.25) is 0 Å². The van der Waals surface area contributed by atoms with E-state index in [0.717, 1.165) is 5.69 Å². The molecular formula is C45H55N10NaO13S. The number of aromatic nitrogens is 3. The van der Waals surface area contributed by atoms with Gasteiger partial charge in [-0.25, -0.2) is 13.1 Å². The van der Waals surface area contributed by atoms with E-state index in [-0.39, 0.29) is 85.2 Å². The van der Waals surface area contributed by atoms with Crippen molar-refractivity contribution in [3.63, 3.8) is 0 Å². The Labute approximate surface area is 426 Å². The SMILES string of the molecule is CC(=O)N[C@H]1[C@@H](OC(CC(=O)NCCNc2cccc3c(S(=O)(=O)[O-])cccc23)OCCOCCn2cc(CNC(=O)c3ccc(N=Nc4ccc(N(C)C)cc4)cc3)nn2)O[C@H](CO)[C@H](O)[C@@H]1O.[Na+]. The number of nitrogens with zero attached hydrogens (tertiary/aromatic N) is 6. The Morgan fingerprint density at radius 3 is 2.26 bits per heavy atom. The first-order valence-corrected chi connectivity index (χ1v) is 23.2. The Morgan fingerprint density at radius 1 is 0.900 bits per heavy atom. The number of hydrogen-bond acceptors (Lipinski definition) is 19. The molecule has 1 aliphatic rings. The van der Waals surface area contributed by atoms with Crippen LogP contribution in [-0.2, 0) is 51.7 Å². The zero-order valence-electron chi connectivity index (χ0n) is 39.0. The van der Waals surface area contributed by atoms with Crippen LogP contribution < -0.4 is 55.7 Å². The molecule has 2 heterocycles. The van der Waals surface area contributed by atoms with E-state index in [1.54, 1.807) is 48.7 Å². The number of carbonyl (C=O) groups is 3. The molecule has 1 unspecified atom stereocenters. The predicted octanol–water partition coefficient (Wildman–Crippen LogP) is -1.31. The molecule has 6 atom stereocenters. The van der Waals surface area contributed by atoms with Gasteiger partial charge in [0.1, 0.15) is 40.2 Å². The second-order valence-electron chi connectivity index (χ2n) is 15.9. The summed E-state index contributed by atoms with van der Waals surface area (Å²) < 4.78 is 60.1. The maximum absolute atomic E-state index is 13.2. The van der Waals surface area contributed by atoms with Gasteiger partial charge in [0.05, 0.1) is 68.4 Å². The molecule has 4 aromatic carbocycles. The van der Waals surface area contributed by atoms with E-state index in [9.17, 15) is 42.7 Å². The van der Waals surface area contributed by atoms with Crippen LogP contribution >= 0.6 is 0 Å². The van der Waals surface area contributed by atoms with Gasteiger partial charge in [-0.1, -0.05) is 29.5 Å². The van der Waals surface area contributed by atoms with Crippen molar-refractivity contribution in [3.05, 3.63) is 102 Å². The number of anilines is 2. The number of rotatable bonds is 24. The minimum absolute atomic E-state index is 0. The first-order chi connectivity index (χ1) is 33.1. The van der Waals surface area contributed by atoms with Gasteiger partial charge in [0, 0.05) is 61.8 Å². The molecule has 3 amide bonds. The molecule has 1 aromatic heterocycles. The molecule has 0 radical (unpaired) electrons. The zero-order chi connectivity index (χ0) is 49.5. The topological polar surface area (TPSA) is 313 Å². The number of fused-ring (bicyclic) bond motifs is 1. The van der Waals surface area contributed by atoms with Gasteiger partial charge < -0.3 is 65.0 Å². The van der Waals surface area contributed by atoms with Crippen LogP contribution in [0.5, 0.6) is 0 Å². The predicted molar refractivity (Wildman–Crippen MR) is 248 cm³/mol. The number of nitrogens with one attached hydrogen (secondary N) is 4. The second kappa shape index (κ2) is 26.7. The van der Waals surface area contributed by atoms with Gasteiger partial charge in [0.2, 0.25) is 11.8 Å². The van der Waals surface area contributed by atoms with E-state index < -0.39 is 71.9 Å². The van der Waals surface area contributed by atoms with Gasteiger partial charge in [-0.3, -0.25) is 14.4 Å². The Morgan fingerprint density at radius 2 is 1.59 bits per heavy atom. The number of hydrogen-bond donors (Lipinski definition) is 7. The van der Waals surface area contributed by atoms with Crippen LogP contribution in [-0.4, -0.2) is 152 Å². The molecule has 1 aliphatic heterocycles. The van der Waals surface area contributed by atoms with Crippen LogP contribution in [0.4, 0.5) is 22.7 Å². The van der Waals surface area contributed by atoms with Crippen LogP contribution in [0.1, 0.15) is 29.4 Å². The molecule has 23 nitrogen and oxygen atoms in total. The van der Waals surface area contributed by atoms with Gasteiger partial charge >= 0.3 is 29.6 Å². The van der Waals surface area contributed by atoms with E-state index in [1.165, 1.54) is 29.8 Å². The van der Waals surface area contributed by atoms with Crippen molar-refractivity contribution in [2.45, 2.75) is 68.3 Å². The van der Waals surface area contributed by atoms with Crippen molar-refractivity contribution >= 4 is 61.4 Å². The van der Waals surface area contributed by atoms with Gasteiger partial charge in [-0.05, 0) is 60.7 Å². The zero-order valence-corrected chi connectivity index (χ0v) is 41.8. The summed E-state index contributed by atoms with van der Waals surface area (Å²) in [5.74, 6) is -1.43. The molecule has 370 valence electrons. The Bertz CT molecular complexity index is 2640. The molecule has 0 aliphatic carbocycles. The van der Waals surface area contributed by atoms with Crippen molar-refractivity contribution in [2.24, 2.45) is 10.2 Å². The van der Waals surface area contributed by atoms with Crippen LogP contribution in [0.3, 0.4) is 0 Å². The minimum atomic E-state index is -4.72. The first-order valence-electron chi connectivity index (χ1n) is 21.8. The Hall–Kier alpha value is -5.48. The van der Waals surface area contributed by atoms with Gasteiger partial charge in [0.25, 0.3) is 5.91 Å². The minimum Gasteiger partial charge on any atom is -0.744 e. The summed E-state index contributed by atoms with van der Waals surface area (Å²) in [6, 6.07) is 22.2. The van der Waals surface area contributed by atoms with E-state index in [2.05, 4.69) is 41.8 Å². The quantitative estimate of drug-likeness (QED) is 0.0124. The normalized spacial score (nSPS) is 18.5. The first kappa shape index (κ1) is 55.4. The number of carbonyl (C=O) groups excluding carboxylic acids is 3. The van der Waals surface area contributed by atoms with Crippen LogP contribution in [0, 0.1) is 0 Å². The Balaban J connectivity index is 0.00000913. The number of benzene rings is 4. The third-order valence-corrected chi connectivity index (χ3v) is 11.5. The van der Waals surface area contributed by atoms with Crippen molar-refractivity contribution in [3.8, 4) is 0 Å². The summed E-state index contributed by atoms with van der Waals surface area (Å²) >= 11 is 0. The fourth-order valence-corrected chi connectivity index (χ4v) is 7.76. The number of azo groups is 1. The average molecular weight is 999 g/mol. The largest absolute Gasteiger partial charge is 1.00 e. The molecule has 0 spiro atoms. The monoisotopic (exact) mass is 998 g/mol. The molecule has 0 saturated carbocycles. The molecule has 25 heteroatoms. The molecule has 70 heavy (non-hydrogen) atoms. The van der Waals surface area contributed by atoms with E-state index in [0.29, 0.717) is 40.3 Å². The standard InChI is InChI=1S/C45H56N10O13S.Na/c1-28(57)49-41-43(60)42(59)37(27-56)67-45(41)68-40(24-39(58)47-19-18-46-36-8-4-7-35-34(36)6-5-9-38(35)69(62,63)64)66-23-22-65-21-20-55-26-32(52-53-55)25-48-44(61)29-10-12-30(13-11-29)50-51-31-14-16-33(17-15-31)54(2)3;/h4-17,26,37,40-43,45-46,56,59-60H,18-25,27H2,1-3H3,(H,47,58)(H,48,61)(H,49,57)(H,62,63,64);/q;+1/p-1/t37-,40?,41-,42+,43-,45-;/m1./s1. The van der Waals surface area contributed by atoms with E-state index in [1.807, 2.05) is 43.3 Å². The average Bonchev–Trinajstić information content (AvgIpc) is 3.79. The number of aliphatic hydroxyl groups is 3. The molecule has 7 N–H and O–H groups in total. The molecule has 1 fully saturated rings. The maximum atomic E-state index is 13.2. The number of amides is 3. The summed E-state index contributed by atoms with van der Waals surface area (Å²) in [6.07, 6.45) is -6.02. The maximum Gasteiger partial charge on any atom is 1.00 e. The third-order valence-electron chi connectivity index (χ3n) is 10.6. The van der Waals surface area contributed by atoms with Crippen LogP contribution in [0.15, 0.2) is 106 Å². The Kier molecular flexibility index (Phi) is 21.1. The van der Waals surface area contributed by atoms with Gasteiger partial charge in [0.15, 0.2) is 12.6 Å². The third kappa shape index (κ3) is 16.0.